The van der Waals surface area contributed by atoms with E-state index in [1.807, 2.05) is 37.3 Å². The Morgan fingerprint density at radius 1 is 0.966 bits per heavy atom. The number of aliphatic hydroxyl groups is 1. The average Bonchev–Trinajstić information content (AvgIpc) is 2.77. The van der Waals surface area contributed by atoms with Crippen molar-refractivity contribution in [3.05, 3.63) is 65.7 Å². The lowest BCUT2D eigenvalue weighted by Gasteiger charge is -2.38. The first kappa shape index (κ1) is 21.9. The summed E-state index contributed by atoms with van der Waals surface area (Å²) >= 11 is 0. The van der Waals surface area contributed by atoms with E-state index in [9.17, 15) is 5.11 Å². The van der Waals surface area contributed by atoms with Crippen LogP contribution in [-0.2, 0) is 5.60 Å². The summed E-state index contributed by atoms with van der Waals surface area (Å²) in [6.45, 7) is 8.06. The van der Waals surface area contributed by atoms with Crippen LogP contribution in [0.1, 0.15) is 69.4 Å². The maximum Gasteiger partial charge on any atom is 0.119 e. The van der Waals surface area contributed by atoms with E-state index < -0.39 is 5.60 Å². The van der Waals surface area contributed by atoms with Gasteiger partial charge in [-0.1, -0.05) is 68.7 Å². The molecule has 158 valence electrons. The fourth-order valence-corrected chi connectivity index (χ4v) is 4.33. The van der Waals surface area contributed by atoms with Crippen molar-refractivity contribution < 1.29 is 9.84 Å². The predicted molar refractivity (Wildman–Crippen MR) is 121 cm³/mol. The van der Waals surface area contributed by atoms with E-state index in [1.165, 1.54) is 37.7 Å². The number of piperidine rings is 1. The summed E-state index contributed by atoms with van der Waals surface area (Å²) in [5.41, 5.74) is 1.20. The van der Waals surface area contributed by atoms with E-state index in [0.29, 0.717) is 0 Å². The van der Waals surface area contributed by atoms with Gasteiger partial charge in [-0.25, -0.2) is 0 Å². The molecule has 1 fully saturated rings. The second-order valence-electron chi connectivity index (χ2n) is 8.55. The third-order valence-electron chi connectivity index (χ3n) is 6.23. The minimum absolute atomic E-state index is 0.0260. The fourth-order valence-electron chi connectivity index (χ4n) is 4.33. The molecule has 1 N–H and O–H groups in total. The van der Waals surface area contributed by atoms with Crippen LogP contribution >= 0.6 is 0 Å². The molecule has 3 nitrogen and oxygen atoms in total. The molecule has 1 aliphatic rings. The monoisotopic (exact) mass is 395 g/mol. The minimum Gasteiger partial charge on any atom is -0.494 e. The Morgan fingerprint density at radius 3 is 2.31 bits per heavy atom. The molecular formula is C26H37NO2. The Morgan fingerprint density at radius 2 is 1.66 bits per heavy atom. The van der Waals surface area contributed by atoms with Gasteiger partial charge in [0.1, 0.15) is 5.75 Å². The summed E-state index contributed by atoms with van der Waals surface area (Å²) in [6.07, 6.45) is 7.32. The molecule has 3 rings (SSSR count). The van der Waals surface area contributed by atoms with Crippen LogP contribution in [-0.4, -0.2) is 36.2 Å². The highest BCUT2D eigenvalue weighted by molar-refractivity contribution is 5.35. The van der Waals surface area contributed by atoms with Crippen LogP contribution in [0.15, 0.2) is 54.6 Å². The number of nitrogens with zero attached hydrogens (tertiary/aromatic N) is 1. The zero-order valence-corrected chi connectivity index (χ0v) is 18.1. The van der Waals surface area contributed by atoms with E-state index in [2.05, 4.69) is 36.1 Å². The SMILES string of the molecule is CCCCCOc1ccc([C@](C)(O)[C@H](CN2CCCCC2)c2ccccc2)cc1. The molecule has 1 saturated heterocycles. The lowest BCUT2D eigenvalue weighted by molar-refractivity contribution is 0.0107. The van der Waals surface area contributed by atoms with Gasteiger partial charge in [-0.15, -0.1) is 0 Å². The molecule has 0 bridgehead atoms. The van der Waals surface area contributed by atoms with Crippen LogP contribution in [0.4, 0.5) is 0 Å². The van der Waals surface area contributed by atoms with Gasteiger partial charge in [-0.2, -0.15) is 0 Å². The average molecular weight is 396 g/mol. The maximum atomic E-state index is 11.7. The van der Waals surface area contributed by atoms with E-state index >= 15 is 0 Å². The van der Waals surface area contributed by atoms with Crippen molar-refractivity contribution in [2.75, 3.05) is 26.2 Å². The summed E-state index contributed by atoms with van der Waals surface area (Å²) < 4.78 is 5.85. The quantitative estimate of drug-likeness (QED) is 0.521. The van der Waals surface area contributed by atoms with Crippen molar-refractivity contribution in [2.24, 2.45) is 0 Å². The van der Waals surface area contributed by atoms with Crippen molar-refractivity contribution >= 4 is 0 Å². The second kappa shape index (κ2) is 10.8. The van der Waals surface area contributed by atoms with Gasteiger partial charge in [-0.3, -0.25) is 0 Å². The smallest absolute Gasteiger partial charge is 0.119 e. The molecule has 1 aliphatic heterocycles. The summed E-state index contributed by atoms with van der Waals surface area (Å²) in [7, 11) is 0. The van der Waals surface area contributed by atoms with Gasteiger partial charge in [0.25, 0.3) is 0 Å². The molecule has 0 radical (unpaired) electrons. The molecule has 0 spiro atoms. The number of benzene rings is 2. The van der Waals surface area contributed by atoms with E-state index in [4.69, 9.17) is 4.74 Å². The molecule has 3 heteroatoms. The predicted octanol–water partition coefficient (Wildman–Crippen LogP) is 5.73. The van der Waals surface area contributed by atoms with Crippen LogP contribution in [0, 0.1) is 0 Å². The zero-order chi connectivity index (χ0) is 20.5. The lowest BCUT2D eigenvalue weighted by Crippen LogP contribution is -2.41. The third-order valence-corrected chi connectivity index (χ3v) is 6.23. The largest absolute Gasteiger partial charge is 0.494 e. The maximum absolute atomic E-state index is 11.7. The van der Waals surface area contributed by atoms with Crippen LogP contribution in [0.3, 0.4) is 0 Å². The second-order valence-corrected chi connectivity index (χ2v) is 8.55. The van der Waals surface area contributed by atoms with Gasteiger partial charge < -0.3 is 14.7 Å². The Hall–Kier alpha value is -1.84. The first-order valence-corrected chi connectivity index (χ1v) is 11.3. The lowest BCUT2D eigenvalue weighted by atomic mass is 9.78. The van der Waals surface area contributed by atoms with Crippen molar-refractivity contribution in [2.45, 2.75) is 63.9 Å². The molecule has 2 aromatic rings. The molecule has 1 heterocycles. The first-order chi connectivity index (χ1) is 14.1. The molecule has 0 aromatic heterocycles. The number of rotatable bonds is 10. The Bertz CT molecular complexity index is 705. The van der Waals surface area contributed by atoms with Gasteiger partial charge in [0, 0.05) is 12.5 Å². The first-order valence-electron chi connectivity index (χ1n) is 11.3. The highest BCUT2D eigenvalue weighted by Gasteiger charge is 2.36. The Labute approximate surface area is 176 Å². The number of unbranched alkanes of at least 4 members (excludes halogenated alkanes) is 2. The van der Waals surface area contributed by atoms with Crippen LogP contribution in [0.2, 0.25) is 0 Å². The molecular weight excluding hydrogens is 358 g/mol. The molecule has 2 aromatic carbocycles. The minimum atomic E-state index is -0.945. The number of hydrogen-bond donors (Lipinski definition) is 1. The Kier molecular flexibility index (Phi) is 8.14. The molecule has 0 amide bonds. The summed E-state index contributed by atoms with van der Waals surface area (Å²) in [5, 5.41) is 11.7. The van der Waals surface area contributed by atoms with Crippen LogP contribution in [0.25, 0.3) is 0 Å². The van der Waals surface area contributed by atoms with Gasteiger partial charge in [0.15, 0.2) is 0 Å². The highest BCUT2D eigenvalue weighted by atomic mass is 16.5. The number of hydrogen-bond acceptors (Lipinski definition) is 3. The van der Waals surface area contributed by atoms with Gasteiger partial charge >= 0.3 is 0 Å². The van der Waals surface area contributed by atoms with Gasteiger partial charge in [0.05, 0.1) is 12.2 Å². The zero-order valence-electron chi connectivity index (χ0n) is 18.1. The van der Waals surface area contributed by atoms with Gasteiger partial charge in [-0.05, 0) is 62.5 Å². The number of ether oxygens (including phenoxy) is 1. The van der Waals surface area contributed by atoms with E-state index in [1.54, 1.807) is 0 Å². The number of likely N-dealkylation sites (tertiary alicyclic amines) is 1. The van der Waals surface area contributed by atoms with Crippen molar-refractivity contribution in [1.29, 1.82) is 0 Å². The molecule has 29 heavy (non-hydrogen) atoms. The summed E-state index contributed by atoms with van der Waals surface area (Å²) in [5.74, 6) is 0.908. The van der Waals surface area contributed by atoms with Gasteiger partial charge in [0.2, 0.25) is 0 Å². The van der Waals surface area contributed by atoms with Crippen molar-refractivity contribution in [1.82, 2.24) is 4.90 Å². The molecule has 2 atom stereocenters. The molecule has 0 saturated carbocycles. The highest BCUT2D eigenvalue weighted by Crippen LogP contribution is 2.38. The van der Waals surface area contributed by atoms with Crippen molar-refractivity contribution in [3.63, 3.8) is 0 Å². The standard InChI is InChI=1S/C26H37NO2/c1-3-4-11-20-29-24-16-14-23(15-17-24)26(2,28)25(22-12-7-5-8-13-22)21-27-18-9-6-10-19-27/h5,7-8,12-17,25,28H,3-4,6,9-11,18-21H2,1-2H3/t25-,26+/m1/s1. The summed E-state index contributed by atoms with van der Waals surface area (Å²) in [6, 6.07) is 18.5. The molecule has 0 unspecified atom stereocenters. The van der Waals surface area contributed by atoms with Crippen molar-refractivity contribution in [3.8, 4) is 5.75 Å². The van der Waals surface area contributed by atoms with E-state index in [-0.39, 0.29) is 5.92 Å². The normalized spacial score (nSPS) is 18.2. The third kappa shape index (κ3) is 6.07. The topological polar surface area (TPSA) is 32.7 Å². The molecule has 0 aliphatic carbocycles. The van der Waals surface area contributed by atoms with E-state index in [0.717, 1.165) is 44.0 Å². The van der Waals surface area contributed by atoms with Crippen LogP contribution in [0.5, 0.6) is 5.75 Å². The fraction of sp³-hybridized carbons (Fsp3) is 0.538. The van der Waals surface area contributed by atoms with Crippen LogP contribution < -0.4 is 4.74 Å². The summed E-state index contributed by atoms with van der Waals surface area (Å²) in [4.78, 5) is 2.51. The Balaban J connectivity index is 1.76.